The first-order valence-corrected chi connectivity index (χ1v) is 33.6. The van der Waals surface area contributed by atoms with Gasteiger partial charge in [0.2, 0.25) is 0 Å². The maximum absolute atomic E-state index is 13.2. The Morgan fingerprint density at radius 1 is 0.410 bits per heavy atom. The third-order valence-corrected chi connectivity index (χ3v) is 14.9. The van der Waals surface area contributed by atoms with Crippen LogP contribution >= 0.6 is 0 Å². The van der Waals surface area contributed by atoms with Crippen LogP contribution in [0.2, 0.25) is 0 Å². The number of hydrogen-bond acceptors (Lipinski definition) is 11. The molecule has 0 amide bonds. The van der Waals surface area contributed by atoms with Gasteiger partial charge in [-0.15, -0.1) is 0 Å². The molecule has 1 aliphatic heterocycles. The second kappa shape index (κ2) is 58.3. The summed E-state index contributed by atoms with van der Waals surface area (Å²) in [7, 11) is 0. The van der Waals surface area contributed by atoms with Gasteiger partial charge in [0.1, 0.15) is 18.8 Å². The molecule has 0 saturated carbocycles. The molecule has 0 radical (unpaired) electrons. The van der Waals surface area contributed by atoms with Crippen molar-refractivity contribution in [2.45, 2.75) is 327 Å². The van der Waals surface area contributed by atoms with E-state index in [2.05, 4.69) is 106 Å². The first-order valence-electron chi connectivity index (χ1n) is 33.6. The van der Waals surface area contributed by atoms with Gasteiger partial charge >= 0.3 is 23.9 Å². The lowest BCUT2D eigenvalue weighted by Crippen LogP contribution is -2.61. The van der Waals surface area contributed by atoms with Crippen molar-refractivity contribution in [1.29, 1.82) is 0 Å². The predicted octanol–water partition coefficient (Wildman–Crippen LogP) is 18.2. The zero-order valence-electron chi connectivity index (χ0n) is 52.7. The van der Waals surface area contributed by atoms with Crippen molar-refractivity contribution in [2.24, 2.45) is 0 Å². The van der Waals surface area contributed by atoms with Crippen LogP contribution in [-0.4, -0.2) is 89.2 Å². The van der Waals surface area contributed by atoms with Crippen LogP contribution < -0.4 is 0 Å². The number of aliphatic hydroxyl groups excluding tert-OH is 2. The first-order chi connectivity index (χ1) is 40.6. The molecule has 1 heterocycles. The molecule has 0 aliphatic carbocycles. The molecular formula is C71H120O12. The Morgan fingerprint density at radius 3 is 1.19 bits per heavy atom. The summed E-state index contributed by atoms with van der Waals surface area (Å²) >= 11 is 0. The van der Waals surface area contributed by atoms with Crippen LogP contribution in [-0.2, 0) is 42.9 Å². The molecule has 0 aromatic rings. The summed E-state index contributed by atoms with van der Waals surface area (Å²) in [5.74, 6) is -3.15. The number of rotatable bonds is 57. The minimum atomic E-state index is -1.91. The third-order valence-electron chi connectivity index (χ3n) is 14.9. The third kappa shape index (κ3) is 47.8. The summed E-state index contributed by atoms with van der Waals surface area (Å²) in [6.45, 7) is 5.86. The van der Waals surface area contributed by atoms with Crippen LogP contribution in [0.5, 0.6) is 0 Å². The Hall–Kier alpha value is -4.10. The molecule has 476 valence electrons. The molecule has 3 N–H and O–H groups in total. The zero-order chi connectivity index (χ0) is 60.3. The average molecular weight is 1170 g/mol. The van der Waals surface area contributed by atoms with E-state index in [1.807, 2.05) is 0 Å². The van der Waals surface area contributed by atoms with E-state index < -0.39 is 67.3 Å². The van der Waals surface area contributed by atoms with Gasteiger partial charge in [0.25, 0.3) is 0 Å². The lowest BCUT2D eigenvalue weighted by Gasteiger charge is -2.40. The van der Waals surface area contributed by atoms with Crippen molar-refractivity contribution < 1.29 is 58.2 Å². The normalized spacial score (nSPS) is 18.1. The molecule has 1 fully saturated rings. The largest absolute Gasteiger partial charge is 0.479 e. The fourth-order valence-corrected chi connectivity index (χ4v) is 9.80. The van der Waals surface area contributed by atoms with Gasteiger partial charge in [0.15, 0.2) is 24.6 Å². The van der Waals surface area contributed by atoms with Crippen LogP contribution in [0.1, 0.15) is 290 Å². The topological polar surface area (TPSA) is 175 Å². The first kappa shape index (κ1) is 76.9. The Labute approximate surface area is 505 Å². The van der Waals surface area contributed by atoms with Gasteiger partial charge in [-0.1, -0.05) is 241 Å². The molecule has 0 aromatic heterocycles. The van der Waals surface area contributed by atoms with Gasteiger partial charge in [-0.2, -0.15) is 0 Å². The maximum Gasteiger partial charge on any atom is 0.335 e. The predicted molar refractivity (Wildman–Crippen MR) is 340 cm³/mol. The zero-order valence-corrected chi connectivity index (χ0v) is 52.7. The highest BCUT2D eigenvalue weighted by molar-refractivity contribution is 5.74. The fraction of sp³-hybridized carbons (Fsp3) is 0.746. The minimum Gasteiger partial charge on any atom is -0.479 e. The van der Waals surface area contributed by atoms with E-state index >= 15 is 0 Å². The SMILES string of the molecule is CC/C=C\C/C=C\C/C=C\C/C=C\CCCCCCC(=O)OC(COC(=O)CCCCCCCCCCC/C=C\C/C=C\CCCCC)COC1OC(C(=O)O)C(O)C(O)C1OC(=O)CCCCCCCCC/C=C\CCCCCCCC. The van der Waals surface area contributed by atoms with Gasteiger partial charge in [-0.3, -0.25) is 14.4 Å². The number of hydrogen-bond donors (Lipinski definition) is 3. The Bertz CT molecular complexity index is 1760. The second-order valence-corrected chi connectivity index (χ2v) is 22.7. The molecular weight excluding hydrogens is 1040 g/mol. The molecule has 6 unspecified atom stereocenters. The molecule has 83 heavy (non-hydrogen) atoms. The number of unbranched alkanes of at least 4 members (excludes halogenated alkanes) is 29. The number of carbonyl (C=O) groups excluding carboxylic acids is 3. The Kier molecular flexibility index (Phi) is 54.0. The number of aliphatic carboxylic acids is 1. The summed E-state index contributed by atoms with van der Waals surface area (Å²) in [5.41, 5.74) is 0. The molecule has 12 heteroatoms. The minimum absolute atomic E-state index is 0.0503. The van der Waals surface area contributed by atoms with E-state index in [-0.39, 0.29) is 25.9 Å². The smallest absolute Gasteiger partial charge is 0.335 e. The van der Waals surface area contributed by atoms with E-state index in [0.29, 0.717) is 19.3 Å². The number of aliphatic hydroxyl groups is 2. The second-order valence-electron chi connectivity index (χ2n) is 22.7. The van der Waals surface area contributed by atoms with E-state index in [1.165, 1.54) is 109 Å². The molecule has 1 aliphatic rings. The van der Waals surface area contributed by atoms with Crippen molar-refractivity contribution >= 4 is 23.9 Å². The quantitative estimate of drug-likeness (QED) is 0.0228. The molecule has 1 rings (SSSR count). The Balaban J connectivity index is 2.67. The van der Waals surface area contributed by atoms with Crippen LogP contribution in [0, 0.1) is 0 Å². The van der Waals surface area contributed by atoms with Crippen molar-refractivity contribution in [2.75, 3.05) is 13.2 Å². The highest BCUT2D eigenvalue weighted by atomic mass is 16.7. The molecule has 12 nitrogen and oxygen atoms in total. The fourth-order valence-electron chi connectivity index (χ4n) is 9.80. The van der Waals surface area contributed by atoms with E-state index in [4.69, 9.17) is 23.7 Å². The van der Waals surface area contributed by atoms with Gasteiger partial charge in [0, 0.05) is 19.3 Å². The van der Waals surface area contributed by atoms with Gasteiger partial charge in [0.05, 0.1) is 6.61 Å². The lowest BCUT2D eigenvalue weighted by molar-refractivity contribution is -0.301. The number of carboxylic acid groups (broad SMARTS) is 1. The van der Waals surface area contributed by atoms with E-state index in [9.17, 15) is 34.5 Å². The van der Waals surface area contributed by atoms with Crippen LogP contribution in [0.25, 0.3) is 0 Å². The monoisotopic (exact) mass is 1160 g/mol. The molecule has 1 saturated heterocycles. The lowest BCUT2D eigenvalue weighted by atomic mass is 9.98. The van der Waals surface area contributed by atoms with Gasteiger partial charge in [-0.05, 0) is 116 Å². The summed E-state index contributed by atoms with van der Waals surface area (Å²) < 4.78 is 28.5. The van der Waals surface area contributed by atoms with E-state index in [0.717, 1.165) is 122 Å². The summed E-state index contributed by atoms with van der Waals surface area (Å²) in [6.07, 6.45) is 63.9. The van der Waals surface area contributed by atoms with Crippen molar-refractivity contribution in [3.63, 3.8) is 0 Å². The van der Waals surface area contributed by atoms with Gasteiger partial charge in [-0.25, -0.2) is 4.79 Å². The summed E-state index contributed by atoms with van der Waals surface area (Å²) in [6, 6.07) is 0. The molecule has 6 atom stereocenters. The van der Waals surface area contributed by atoms with Crippen LogP contribution in [0.15, 0.2) is 85.1 Å². The highest BCUT2D eigenvalue weighted by Crippen LogP contribution is 2.27. The molecule has 0 bridgehead atoms. The van der Waals surface area contributed by atoms with E-state index in [1.54, 1.807) is 0 Å². The standard InChI is InChI=1S/C71H120O12/c1-4-7-10-13-16-19-22-25-28-31-32-35-36-39-42-45-48-51-54-57-63(72)79-60-62(81-64(73)58-55-52-49-46-43-40-37-33-29-26-23-20-17-14-11-8-5-2)61-80-71-69(67(76)66(75)68(83-71)70(77)78)82-65(74)59-56-53-50-47-44-41-38-34-30-27-24-21-18-15-12-9-6-3/h8,11,16-17,19-20,25-30,37,40,62,66-69,71,75-76H,4-7,9-10,12-15,18,21-24,31-36,38-39,41-61H2,1-3H3,(H,77,78)/b11-8-,19-16-,20-17-,28-25-,29-26-,30-27-,40-37-. The highest BCUT2D eigenvalue weighted by Gasteiger charge is 2.50. The maximum atomic E-state index is 13.2. The summed E-state index contributed by atoms with van der Waals surface area (Å²) in [4.78, 5) is 51.4. The van der Waals surface area contributed by atoms with Crippen molar-refractivity contribution in [3.8, 4) is 0 Å². The number of carbonyl (C=O) groups is 4. The Morgan fingerprint density at radius 2 is 0.759 bits per heavy atom. The number of carboxylic acids is 1. The van der Waals surface area contributed by atoms with Gasteiger partial charge < -0.3 is 39.0 Å². The summed E-state index contributed by atoms with van der Waals surface area (Å²) in [5, 5.41) is 31.6. The molecule has 0 spiro atoms. The number of ether oxygens (including phenoxy) is 5. The van der Waals surface area contributed by atoms with Crippen molar-refractivity contribution in [1.82, 2.24) is 0 Å². The number of esters is 3. The van der Waals surface area contributed by atoms with Crippen LogP contribution in [0.3, 0.4) is 0 Å². The molecule has 0 aromatic carbocycles. The van der Waals surface area contributed by atoms with Crippen LogP contribution in [0.4, 0.5) is 0 Å². The average Bonchev–Trinajstić information content (AvgIpc) is 3.59. The number of allylic oxidation sites excluding steroid dienone is 14. The van der Waals surface area contributed by atoms with Crippen molar-refractivity contribution in [3.05, 3.63) is 85.1 Å².